The van der Waals surface area contributed by atoms with E-state index in [4.69, 9.17) is 10.5 Å². The van der Waals surface area contributed by atoms with E-state index in [1.807, 2.05) is 0 Å². The molecule has 1 heterocycles. The standard InChI is InChI=1S/C10H21NOS/c1-2-9(3-6-11)13-10-4-7-12-8-5-10/h9-10H,2-8,11H2,1H3. The Morgan fingerprint density at radius 2 is 2.15 bits per heavy atom. The van der Waals surface area contributed by atoms with E-state index in [1.54, 1.807) is 0 Å². The Labute approximate surface area is 85.6 Å². The van der Waals surface area contributed by atoms with Crippen molar-refractivity contribution >= 4 is 11.8 Å². The Morgan fingerprint density at radius 3 is 2.69 bits per heavy atom. The molecule has 78 valence electrons. The second-order valence-electron chi connectivity index (χ2n) is 3.56. The molecular weight excluding hydrogens is 182 g/mol. The average Bonchev–Trinajstić information content (AvgIpc) is 2.19. The lowest BCUT2D eigenvalue weighted by Crippen LogP contribution is -2.21. The quantitative estimate of drug-likeness (QED) is 0.742. The van der Waals surface area contributed by atoms with Crippen LogP contribution in [0.2, 0.25) is 0 Å². The molecule has 1 atom stereocenters. The van der Waals surface area contributed by atoms with Gasteiger partial charge in [0.1, 0.15) is 0 Å². The van der Waals surface area contributed by atoms with Gasteiger partial charge in [0.25, 0.3) is 0 Å². The fraction of sp³-hybridized carbons (Fsp3) is 1.00. The summed E-state index contributed by atoms with van der Waals surface area (Å²) in [5, 5.41) is 1.60. The van der Waals surface area contributed by atoms with Gasteiger partial charge >= 0.3 is 0 Å². The molecule has 1 fully saturated rings. The van der Waals surface area contributed by atoms with Crippen LogP contribution in [0, 0.1) is 0 Å². The third-order valence-corrected chi connectivity index (χ3v) is 4.31. The highest BCUT2D eigenvalue weighted by Crippen LogP contribution is 2.29. The van der Waals surface area contributed by atoms with Crippen molar-refractivity contribution in [2.75, 3.05) is 19.8 Å². The first-order valence-electron chi connectivity index (χ1n) is 5.30. The van der Waals surface area contributed by atoms with Crippen LogP contribution >= 0.6 is 11.8 Å². The molecule has 2 N–H and O–H groups in total. The van der Waals surface area contributed by atoms with Gasteiger partial charge in [-0.15, -0.1) is 0 Å². The Balaban J connectivity index is 2.18. The summed E-state index contributed by atoms with van der Waals surface area (Å²) in [5.41, 5.74) is 5.57. The zero-order valence-corrected chi connectivity index (χ0v) is 9.31. The number of nitrogens with two attached hydrogens (primary N) is 1. The summed E-state index contributed by atoms with van der Waals surface area (Å²) in [6.45, 7) is 4.99. The minimum absolute atomic E-state index is 0.771. The summed E-state index contributed by atoms with van der Waals surface area (Å²) in [5.74, 6) is 0. The molecule has 1 aliphatic rings. The molecule has 0 aliphatic carbocycles. The van der Waals surface area contributed by atoms with Gasteiger partial charge in [-0.05, 0) is 32.2 Å². The van der Waals surface area contributed by atoms with E-state index in [9.17, 15) is 0 Å². The first kappa shape index (κ1) is 11.3. The largest absolute Gasteiger partial charge is 0.381 e. The lowest BCUT2D eigenvalue weighted by Gasteiger charge is -2.25. The molecule has 0 amide bonds. The van der Waals surface area contributed by atoms with Crippen molar-refractivity contribution in [2.45, 2.75) is 43.1 Å². The number of ether oxygens (including phenoxy) is 1. The summed E-state index contributed by atoms with van der Waals surface area (Å²) in [6.07, 6.45) is 4.87. The molecule has 3 heteroatoms. The molecule has 0 aromatic carbocycles. The third-order valence-electron chi connectivity index (χ3n) is 2.50. The molecule has 2 nitrogen and oxygen atoms in total. The minimum Gasteiger partial charge on any atom is -0.381 e. The zero-order chi connectivity index (χ0) is 9.52. The van der Waals surface area contributed by atoms with Crippen LogP contribution in [-0.2, 0) is 4.74 Å². The van der Waals surface area contributed by atoms with Crippen molar-refractivity contribution in [1.82, 2.24) is 0 Å². The highest BCUT2D eigenvalue weighted by molar-refractivity contribution is 8.00. The Morgan fingerprint density at radius 1 is 1.46 bits per heavy atom. The topological polar surface area (TPSA) is 35.2 Å². The lowest BCUT2D eigenvalue weighted by atomic mass is 10.2. The number of thioether (sulfide) groups is 1. The van der Waals surface area contributed by atoms with E-state index in [2.05, 4.69) is 18.7 Å². The molecule has 0 spiro atoms. The molecule has 1 saturated heterocycles. The van der Waals surface area contributed by atoms with E-state index < -0.39 is 0 Å². The van der Waals surface area contributed by atoms with Crippen molar-refractivity contribution in [3.8, 4) is 0 Å². The van der Waals surface area contributed by atoms with Gasteiger partial charge in [-0.1, -0.05) is 6.92 Å². The Hall–Kier alpha value is 0.270. The highest BCUT2D eigenvalue weighted by atomic mass is 32.2. The maximum Gasteiger partial charge on any atom is 0.0476 e. The normalized spacial score (nSPS) is 21.7. The number of hydrogen-bond donors (Lipinski definition) is 1. The molecular formula is C10H21NOS. The summed E-state index contributed by atoms with van der Waals surface area (Å²) in [7, 11) is 0. The van der Waals surface area contributed by atoms with Crippen LogP contribution in [0.25, 0.3) is 0 Å². The fourth-order valence-electron chi connectivity index (χ4n) is 1.64. The monoisotopic (exact) mass is 203 g/mol. The molecule has 0 aromatic rings. The van der Waals surface area contributed by atoms with Gasteiger partial charge in [-0.3, -0.25) is 0 Å². The van der Waals surface area contributed by atoms with E-state index in [0.717, 1.165) is 30.3 Å². The Kier molecular flexibility index (Phi) is 5.83. The molecule has 13 heavy (non-hydrogen) atoms. The molecule has 0 saturated carbocycles. The maximum atomic E-state index is 5.57. The molecule has 1 aliphatic heterocycles. The van der Waals surface area contributed by atoms with Crippen LogP contribution in [0.3, 0.4) is 0 Å². The van der Waals surface area contributed by atoms with Gasteiger partial charge in [0.05, 0.1) is 0 Å². The van der Waals surface area contributed by atoms with Gasteiger partial charge < -0.3 is 10.5 Å². The van der Waals surface area contributed by atoms with Gasteiger partial charge in [0, 0.05) is 23.7 Å². The van der Waals surface area contributed by atoms with Crippen LogP contribution in [0.15, 0.2) is 0 Å². The van der Waals surface area contributed by atoms with E-state index in [1.165, 1.54) is 25.7 Å². The molecule has 1 unspecified atom stereocenters. The van der Waals surface area contributed by atoms with Crippen LogP contribution in [0.1, 0.15) is 32.6 Å². The zero-order valence-electron chi connectivity index (χ0n) is 8.50. The van der Waals surface area contributed by atoms with E-state index >= 15 is 0 Å². The Bertz CT molecular complexity index is 123. The van der Waals surface area contributed by atoms with Crippen molar-refractivity contribution in [1.29, 1.82) is 0 Å². The molecule has 0 aromatic heterocycles. The summed E-state index contributed by atoms with van der Waals surface area (Å²) >= 11 is 2.13. The van der Waals surface area contributed by atoms with Crippen LogP contribution in [-0.4, -0.2) is 30.3 Å². The first-order valence-corrected chi connectivity index (χ1v) is 6.24. The molecule has 0 radical (unpaired) electrons. The fourth-order valence-corrected chi connectivity index (χ4v) is 3.11. The van der Waals surface area contributed by atoms with Gasteiger partial charge in [0.2, 0.25) is 0 Å². The SMILES string of the molecule is CCC(CCN)SC1CCOCC1. The van der Waals surface area contributed by atoms with Crippen molar-refractivity contribution in [2.24, 2.45) is 5.73 Å². The minimum atomic E-state index is 0.771. The van der Waals surface area contributed by atoms with Crippen molar-refractivity contribution in [3.05, 3.63) is 0 Å². The van der Waals surface area contributed by atoms with Gasteiger partial charge in [-0.25, -0.2) is 0 Å². The van der Waals surface area contributed by atoms with Crippen molar-refractivity contribution in [3.63, 3.8) is 0 Å². The summed E-state index contributed by atoms with van der Waals surface area (Å²) in [4.78, 5) is 0. The highest BCUT2D eigenvalue weighted by Gasteiger charge is 2.18. The predicted octanol–water partition coefficient (Wildman–Crippen LogP) is 2.03. The van der Waals surface area contributed by atoms with Crippen LogP contribution in [0.5, 0.6) is 0 Å². The summed E-state index contributed by atoms with van der Waals surface area (Å²) in [6, 6.07) is 0. The molecule has 1 rings (SSSR count). The van der Waals surface area contributed by atoms with Gasteiger partial charge in [0.15, 0.2) is 0 Å². The number of hydrogen-bond acceptors (Lipinski definition) is 3. The predicted molar refractivity (Wildman–Crippen MR) is 59.2 cm³/mol. The second-order valence-corrected chi connectivity index (χ2v) is 5.16. The lowest BCUT2D eigenvalue weighted by molar-refractivity contribution is 0.0999. The first-order chi connectivity index (χ1) is 6.36. The van der Waals surface area contributed by atoms with E-state index in [0.29, 0.717) is 0 Å². The second kappa shape index (κ2) is 6.68. The van der Waals surface area contributed by atoms with Crippen LogP contribution in [0.4, 0.5) is 0 Å². The molecule has 0 bridgehead atoms. The maximum absolute atomic E-state index is 5.57. The smallest absolute Gasteiger partial charge is 0.0476 e. The summed E-state index contributed by atoms with van der Waals surface area (Å²) < 4.78 is 5.34. The van der Waals surface area contributed by atoms with Crippen LogP contribution < -0.4 is 5.73 Å². The third kappa shape index (κ3) is 4.34. The number of rotatable bonds is 5. The average molecular weight is 203 g/mol. The van der Waals surface area contributed by atoms with Crippen molar-refractivity contribution < 1.29 is 4.74 Å². The van der Waals surface area contributed by atoms with Gasteiger partial charge in [-0.2, -0.15) is 11.8 Å². The van der Waals surface area contributed by atoms with E-state index in [-0.39, 0.29) is 0 Å².